The molecule has 16 heavy (non-hydrogen) atoms. The van der Waals surface area contributed by atoms with Gasteiger partial charge in [0.15, 0.2) is 0 Å². The van der Waals surface area contributed by atoms with Gasteiger partial charge in [0, 0.05) is 27.8 Å². The number of hydrogen-bond donors (Lipinski definition) is 0. The van der Waals surface area contributed by atoms with E-state index in [0.29, 0.717) is 0 Å². The quantitative estimate of drug-likeness (QED) is 0.639. The second-order valence-electron chi connectivity index (χ2n) is 3.39. The van der Waals surface area contributed by atoms with E-state index in [2.05, 4.69) is 38.3 Å². The third kappa shape index (κ3) is 6.25. The largest absolute Gasteiger partial charge is 0.317 e. The fraction of sp³-hybridized carbons (Fsp3) is 0.556. The van der Waals surface area contributed by atoms with Crippen LogP contribution in [0.5, 0.6) is 0 Å². The Hall–Kier alpha value is -0.390. The van der Waals surface area contributed by atoms with Crippen molar-refractivity contribution in [2.24, 2.45) is 0 Å². The van der Waals surface area contributed by atoms with Gasteiger partial charge in [0.2, 0.25) is 0 Å². The lowest BCUT2D eigenvalue weighted by Gasteiger charge is -1.92. The number of nitrogens with zero attached hydrogens (tertiary/aromatic N) is 2. The zero-order valence-electron chi connectivity index (χ0n) is 8.78. The summed E-state index contributed by atoms with van der Waals surface area (Å²) in [5.41, 5.74) is 2.24. The molecule has 0 bridgehead atoms. The molecule has 0 atom stereocenters. The zero-order chi connectivity index (χ0) is 12.2. The van der Waals surface area contributed by atoms with Crippen LogP contribution >= 0.6 is 21.4 Å². The molecule has 0 spiro atoms. The fourth-order valence-electron chi connectivity index (χ4n) is 1.22. The van der Waals surface area contributed by atoms with Crippen molar-refractivity contribution >= 4 is 29.6 Å². The first-order valence-corrected chi connectivity index (χ1v) is 8.06. The summed E-state index contributed by atoms with van der Waals surface area (Å²) in [5, 5.41) is 0. The van der Waals surface area contributed by atoms with Crippen LogP contribution in [-0.4, -0.2) is 18.4 Å². The van der Waals surface area contributed by atoms with Crippen LogP contribution in [0.25, 0.3) is 11.4 Å². The van der Waals surface area contributed by atoms with Gasteiger partial charge in [-0.25, -0.2) is 9.97 Å². The number of halogens is 2. The van der Waals surface area contributed by atoms with Crippen molar-refractivity contribution in [1.82, 2.24) is 9.97 Å². The molecule has 90 valence electrons. The summed E-state index contributed by atoms with van der Waals surface area (Å²) in [6.07, 6.45) is 4.86. The van der Waals surface area contributed by atoms with Crippen LogP contribution < -0.4 is 0 Å². The molecule has 0 aromatic rings. The molecule has 1 heterocycles. The second kappa shape index (κ2) is 5.80. The van der Waals surface area contributed by atoms with Crippen LogP contribution in [0, 0.1) is 0 Å². The molecular formula is C9H12Cl2N2O2S. The number of rotatable bonds is 4. The van der Waals surface area contributed by atoms with Crippen LogP contribution in [0.15, 0.2) is 6.07 Å². The van der Waals surface area contributed by atoms with Gasteiger partial charge in [-0.2, -0.15) is 8.42 Å². The predicted octanol–water partition coefficient (Wildman–Crippen LogP) is 2.90. The highest BCUT2D eigenvalue weighted by Crippen LogP contribution is 2.29. The first-order chi connectivity index (χ1) is 7.40. The van der Waals surface area contributed by atoms with E-state index in [-0.39, 0.29) is 0 Å². The van der Waals surface area contributed by atoms with Gasteiger partial charge in [0.05, 0.1) is 11.4 Å². The molecule has 0 aromatic heterocycles. The smallest absolute Gasteiger partial charge is 0.231 e. The second-order valence-corrected chi connectivity index (χ2v) is 7.06. The van der Waals surface area contributed by atoms with Crippen molar-refractivity contribution in [2.45, 2.75) is 32.6 Å². The van der Waals surface area contributed by atoms with Gasteiger partial charge in [-0.05, 0) is 12.5 Å². The van der Waals surface area contributed by atoms with Crippen molar-refractivity contribution in [3.63, 3.8) is 0 Å². The minimum atomic E-state index is -3.72. The van der Waals surface area contributed by atoms with Gasteiger partial charge in [0.25, 0.3) is 0 Å². The Kier molecular flexibility index (Phi) is 4.95. The van der Waals surface area contributed by atoms with Crippen LogP contribution in [-0.2, 0) is 14.7 Å². The standard InChI is InChI=1S/C9H12N2.Cl2O2S/c1-2-3-4-5-9-10-7-6-8(7)11-9;1-5(2,3)4/h6H,2-5H2,1H3;. The van der Waals surface area contributed by atoms with Gasteiger partial charge in [0.1, 0.15) is 5.82 Å². The van der Waals surface area contributed by atoms with Gasteiger partial charge in [-0.15, -0.1) is 0 Å². The molecule has 2 aliphatic rings. The van der Waals surface area contributed by atoms with E-state index in [1.165, 1.54) is 19.3 Å². The van der Waals surface area contributed by atoms with Crippen molar-refractivity contribution in [3.05, 3.63) is 11.9 Å². The van der Waals surface area contributed by atoms with E-state index < -0.39 is 8.26 Å². The summed E-state index contributed by atoms with van der Waals surface area (Å²) in [4.78, 5) is 8.62. The lowest BCUT2D eigenvalue weighted by Crippen LogP contribution is -1.87. The molecule has 0 saturated heterocycles. The Bertz CT molecular complexity index is 434. The molecule has 0 saturated carbocycles. The highest BCUT2D eigenvalue weighted by molar-refractivity contribution is 8.31. The summed E-state index contributed by atoms with van der Waals surface area (Å²) in [6.45, 7) is 2.21. The van der Waals surface area contributed by atoms with Crippen LogP contribution in [0.1, 0.15) is 32.0 Å². The maximum Gasteiger partial charge on any atom is 0.317 e. The summed E-state index contributed by atoms with van der Waals surface area (Å²) in [6, 6.07) is 2.02. The Labute approximate surface area is 104 Å². The molecule has 2 rings (SSSR count). The Morgan fingerprint density at radius 2 is 1.69 bits per heavy atom. The lowest BCUT2D eigenvalue weighted by atomic mass is 10.2. The molecule has 0 aromatic carbocycles. The van der Waals surface area contributed by atoms with Crippen LogP contribution in [0.4, 0.5) is 0 Å². The van der Waals surface area contributed by atoms with E-state index in [1.54, 1.807) is 0 Å². The summed E-state index contributed by atoms with van der Waals surface area (Å²) >= 11 is 0. The minimum absolute atomic E-state index is 1.05. The number of aromatic nitrogens is 2. The maximum atomic E-state index is 9.16. The normalized spacial score (nSPS) is 11.7. The average Bonchev–Trinajstić information content (AvgIpc) is 2.72. The van der Waals surface area contributed by atoms with Crippen molar-refractivity contribution in [3.8, 4) is 11.4 Å². The third-order valence-corrected chi connectivity index (χ3v) is 1.96. The van der Waals surface area contributed by atoms with E-state index in [0.717, 1.165) is 23.6 Å². The Morgan fingerprint density at radius 1 is 1.19 bits per heavy atom. The molecule has 0 N–H and O–H groups in total. The summed E-state index contributed by atoms with van der Waals surface area (Å²) in [7, 11) is 4.81. The summed E-state index contributed by atoms with van der Waals surface area (Å²) in [5.74, 6) is 1.05. The molecule has 0 amide bonds. The van der Waals surface area contributed by atoms with E-state index in [4.69, 9.17) is 8.42 Å². The number of unbranched alkanes of at least 4 members (excludes halogenated alkanes) is 2. The van der Waals surface area contributed by atoms with E-state index in [1.807, 2.05) is 6.07 Å². The van der Waals surface area contributed by atoms with Crippen molar-refractivity contribution < 1.29 is 8.42 Å². The van der Waals surface area contributed by atoms with Crippen LogP contribution in [0.2, 0.25) is 0 Å². The minimum Gasteiger partial charge on any atom is -0.231 e. The molecule has 1 aliphatic heterocycles. The number of aryl methyl sites for hydroxylation is 1. The zero-order valence-corrected chi connectivity index (χ0v) is 11.1. The molecule has 0 radical (unpaired) electrons. The lowest BCUT2D eigenvalue weighted by molar-refractivity contribution is 0.621. The molecule has 7 heteroatoms. The number of fused-ring (bicyclic) bond motifs is 1. The molecule has 4 nitrogen and oxygen atoms in total. The Balaban J connectivity index is 0.000000221. The van der Waals surface area contributed by atoms with Gasteiger partial charge < -0.3 is 0 Å². The SMILES string of the molecule is CCCCCc1nc2cc-2n1.O=S(=O)(Cl)Cl. The molecule has 1 aliphatic carbocycles. The number of hydrogen-bond acceptors (Lipinski definition) is 4. The maximum absolute atomic E-state index is 9.16. The number of imidazole rings is 1. The Morgan fingerprint density at radius 3 is 2.12 bits per heavy atom. The fourth-order valence-corrected chi connectivity index (χ4v) is 1.22. The van der Waals surface area contributed by atoms with Crippen LogP contribution in [0.3, 0.4) is 0 Å². The van der Waals surface area contributed by atoms with Gasteiger partial charge >= 0.3 is 8.26 Å². The molecule has 0 fully saturated rings. The average molecular weight is 283 g/mol. The van der Waals surface area contributed by atoms with Crippen molar-refractivity contribution in [1.29, 1.82) is 0 Å². The highest BCUT2D eigenvalue weighted by Gasteiger charge is 2.17. The van der Waals surface area contributed by atoms with Gasteiger partial charge in [-0.3, -0.25) is 0 Å². The van der Waals surface area contributed by atoms with E-state index >= 15 is 0 Å². The highest BCUT2D eigenvalue weighted by atomic mass is 36.0. The molecular weight excluding hydrogens is 271 g/mol. The molecule has 0 unspecified atom stereocenters. The first-order valence-electron chi connectivity index (χ1n) is 4.92. The first kappa shape index (κ1) is 13.7. The van der Waals surface area contributed by atoms with Gasteiger partial charge in [-0.1, -0.05) is 19.8 Å². The van der Waals surface area contributed by atoms with Crippen molar-refractivity contribution in [2.75, 3.05) is 0 Å². The monoisotopic (exact) mass is 282 g/mol. The third-order valence-electron chi connectivity index (χ3n) is 1.96. The topological polar surface area (TPSA) is 59.9 Å². The van der Waals surface area contributed by atoms with E-state index in [9.17, 15) is 0 Å². The predicted molar refractivity (Wildman–Crippen MR) is 64.9 cm³/mol. The summed E-state index contributed by atoms with van der Waals surface area (Å²) < 4.78 is 18.3.